The van der Waals surface area contributed by atoms with Crippen LogP contribution in [0.3, 0.4) is 0 Å². The van der Waals surface area contributed by atoms with Crippen LogP contribution < -0.4 is 5.32 Å². The van der Waals surface area contributed by atoms with Gasteiger partial charge in [-0.05, 0) is 37.7 Å². The largest absolute Gasteiger partial charge is 0.462 e. The molecule has 0 spiro atoms. The number of rotatable bonds is 5. The molecule has 28 heavy (non-hydrogen) atoms. The second kappa shape index (κ2) is 8.65. The third-order valence-corrected chi connectivity index (χ3v) is 7.44. The van der Waals surface area contributed by atoms with Crippen molar-refractivity contribution in [1.29, 1.82) is 0 Å². The number of aliphatic imine (C=N–C) groups is 1. The molecule has 0 aromatic carbocycles. The quantitative estimate of drug-likeness (QED) is 0.736. The number of esters is 1. The van der Waals surface area contributed by atoms with Gasteiger partial charge >= 0.3 is 5.97 Å². The minimum Gasteiger partial charge on any atom is -0.462 e. The summed E-state index contributed by atoms with van der Waals surface area (Å²) in [6, 6.07) is 0. The van der Waals surface area contributed by atoms with Gasteiger partial charge in [0.15, 0.2) is 5.17 Å². The summed E-state index contributed by atoms with van der Waals surface area (Å²) in [4.78, 5) is 44.1. The minimum absolute atomic E-state index is 0.0358. The maximum Gasteiger partial charge on any atom is 0.341 e. The van der Waals surface area contributed by atoms with Gasteiger partial charge in [-0.25, -0.2) is 4.79 Å². The molecule has 2 unspecified atom stereocenters. The first-order valence-corrected chi connectivity index (χ1v) is 11.1. The first kappa shape index (κ1) is 20.9. The van der Waals surface area contributed by atoms with Crippen molar-refractivity contribution in [3.8, 4) is 0 Å². The van der Waals surface area contributed by atoms with Crippen LogP contribution in [0.2, 0.25) is 0 Å². The Hall–Kier alpha value is -1.87. The highest BCUT2D eigenvalue weighted by molar-refractivity contribution is 8.15. The molecule has 1 aromatic heterocycles. The molecular weight excluding hydrogens is 398 g/mol. The highest BCUT2D eigenvalue weighted by Crippen LogP contribution is 2.40. The Balaban J connectivity index is 1.79. The molecule has 1 N–H and O–H groups in total. The molecule has 0 saturated carbocycles. The fourth-order valence-corrected chi connectivity index (χ4v) is 6.02. The first-order valence-electron chi connectivity index (χ1n) is 9.38. The molecule has 2 atom stereocenters. The van der Waals surface area contributed by atoms with Crippen molar-refractivity contribution in [2.75, 3.05) is 26.0 Å². The van der Waals surface area contributed by atoms with Gasteiger partial charge in [-0.1, -0.05) is 18.7 Å². The number of carbonyl (C=O) groups excluding carboxylic acids is 3. The van der Waals surface area contributed by atoms with Crippen LogP contribution in [-0.4, -0.2) is 53.8 Å². The van der Waals surface area contributed by atoms with Crippen LogP contribution in [-0.2, 0) is 27.2 Å². The number of amidine groups is 1. The number of nitrogens with one attached hydrogen (secondary N) is 1. The topological polar surface area (TPSA) is 88.1 Å². The van der Waals surface area contributed by atoms with Crippen molar-refractivity contribution in [1.82, 2.24) is 4.90 Å². The van der Waals surface area contributed by atoms with Crippen molar-refractivity contribution < 1.29 is 19.1 Å². The van der Waals surface area contributed by atoms with Crippen LogP contribution in [0.4, 0.5) is 5.00 Å². The average Bonchev–Trinajstić information content (AvgIpc) is 3.13. The number of hydrogen-bond donors (Lipinski definition) is 1. The lowest BCUT2D eigenvalue weighted by molar-refractivity contribution is -0.127. The number of thioether (sulfide) groups is 1. The van der Waals surface area contributed by atoms with Crippen molar-refractivity contribution in [3.63, 3.8) is 0 Å². The van der Waals surface area contributed by atoms with Crippen LogP contribution in [0.5, 0.6) is 0 Å². The lowest BCUT2D eigenvalue weighted by Crippen LogP contribution is -2.30. The maximum atomic E-state index is 12.6. The maximum absolute atomic E-state index is 12.6. The summed E-state index contributed by atoms with van der Waals surface area (Å²) < 4.78 is 5.23. The molecular formula is C19H25N3O4S2. The van der Waals surface area contributed by atoms with E-state index in [4.69, 9.17) is 4.74 Å². The van der Waals surface area contributed by atoms with Crippen molar-refractivity contribution in [2.24, 2.45) is 10.9 Å². The number of nitrogens with zero attached hydrogens (tertiary/aromatic N) is 2. The van der Waals surface area contributed by atoms with E-state index in [9.17, 15) is 14.4 Å². The Morgan fingerprint density at radius 3 is 2.79 bits per heavy atom. The lowest BCUT2D eigenvalue weighted by atomic mass is 9.88. The summed E-state index contributed by atoms with van der Waals surface area (Å²) in [5, 5.41) is 3.52. The minimum atomic E-state index is -0.496. The highest BCUT2D eigenvalue weighted by atomic mass is 32.2. The zero-order valence-electron chi connectivity index (χ0n) is 16.5. The SMILES string of the molecule is CCOC(=O)c1c(NC(=O)CC2SC(=NC)N(C)C2=O)sc2c1CCC(C)C2. The molecule has 9 heteroatoms. The van der Waals surface area contributed by atoms with E-state index in [2.05, 4.69) is 17.2 Å². The molecule has 7 nitrogen and oxygen atoms in total. The van der Waals surface area contributed by atoms with E-state index in [1.807, 2.05) is 0 Å². The molecule has 0 bridgehead atoms. The van der Waals surface area contributed by atoms with Gasteiger partial charge < -0.3 is 10.1 Å². The molecule has 1 aromatic rings. The Bertz CT molecular complexity index is 833. The van der Waals surface area contributed by atoms with Gasteiger partial charge in [0.25, 0.3) is 0 Å². The molecule has 1 fully saturated rings. The Morgan fingerprint density at radius 1 is 1.39 bits per heavy atom. The van der Waals surface area contributed by atoms with Crippen molar-refractivity contribution in [3.05, 3.63) is 16.0 Å². The van der Waals surface area contributed by atoms with Crippen LogP contribution in [0.1, 0.15) is 47.5 Å². The van der Waals surface area contributed by atoms with Gasteiger partial charge in [0.2, 0.25) is 11.8 Å². The van der Waals surface area contributed by atoms with E-state index >= 15 is 0 Å². The number of anilines is 1. The van der Waals surface area contributed by atoms with Gasteiger partial charge in [-0.2, -0.15) is 0 Å². The second-order valence-electron chi connectivity index (χ2n) is 7.04. The third-order valence-electron chi connectivity index (χ3n) is 4.95. The second-order valence-corrected chi connectivity index (χ2v) is 9.31. The predicted molar refractivity (Wildman–Crippen MR) is 112 cm³/mol. The predicted octanol–water partition coefficient (Wildman–Crippen LogP) is 2.94. The molecule has 152 valence electrons. The van der Waals surface area contributed by atoms with Gasteiger partial charge in [0.1, 0.15) is 10.3 Å². The summed E-state index contributed by atoms with van der Waals surface area (Å²) in [6.45, 7) is 4.24. The third kappa shape index (κ3) is 4.10. The van der Waals surface area contributed by atoms with Crippen LogP contribution in [0.15, 0.2) is 4.99 Å². The van der Waals surface area contributed by atoms with E-state index in [1.54, 1.807) is 21.0 Å². The first-order chi connectivity index (χ1) is 13.3. The van der Waals surface area contributed by atoms with Gasteiger partial charge in [-0.15, -0.1) is 11.3 Å². The highest BCUT2D eigenvalue weighted by Gasteiger charge is 2.37. The van der Waals surface area contributed by atoms with Crippen LogP contribution in [0, 0.1) is 5.92 Å². The standard InChI is InChI=1S/C19H25N3O4S2/c1-5-26-18(25)15-11-7-6-10(2)8-12(11)27-16(15)21-14(23)9-13-17(24)22(4)19(20-3)28-13/h10,13H,5-9H2,1-4H3,(H,21,23). The number of fused-ring (bicyclic) bond motifs is 1. The fraction of sp³-hybridized carbons (Fsp3) is 0.579. The summed E-state index contributed by atoms with van der Waals surface area (Å²) in [5.74, 6) is -0.254. The normalized spacial score (nSPS) is 23.1. The van der Waals surface area contributed by atoms with Crippen LogP contribution >= 0.6 is 23.1 Å². The zero-order chi connectivity index (χ0) is 20.4. The summed E-state index contributed by atoms with van der Waals surface area (Å²) >= 11 is 2.74. The van der Waals surface area contributed by atoms with E-state index in [0.29, 0.717) is 21.7 Å². The van der Waals surface area contributed by atoms with Crippen molar-refractivity contribution >= 4 is 51.1 Å². The average molecular weight is 424 g/mol. The molecule has 1 aliphatic carbocycles. The number of hydrogen-bond acceptors (Lipinski definition) is 7. The number of amides is 2. The van der Waals surface area contributed by atoms with Crippen molar-refractivity contribution in [2.45, 2.75) is 44.8 Å². The smallest absolute Gasteiger partial charge is 0.341 e. The summed E-state index contributed by atoms with van der Waals surface area (Å²) in [7, 11) is 3.28. The Labute approximate surface area is 172 Å². The van der Waals surface area contributed by atoms with E-state index in [1.165, 1.54) is 28.0 Å². The summed E-state index contributed by atoms with van der Waals surface area (Å²) in [5.41, 5.74) is 1.49. The Morgan fingerprint density at radius 2 is 2.14 bits per heavy atom. The molecule has 1 saturated heterocycles. The summed E-state index contributed by atoms with van der Waals surface area (Å²) in [6.07, 6.45) is 2.77. The van der Waals surface area contributed by atoms with E-state index < -0.39 is 11.2 Å². The van der Waals surface area contributed by atoms with Gasteiger partial charge in [0, 0.05) is 25.4 Å². The van der Waals surface area contributed by atoms with Gasteiger partial charge in [0.05, 0.1) is 12.2 Å². The van der Waals surface area contributed by atoms with E-state index in [0.717, 1.165) is 29.7 Å². The monoisotopic (exact) mass is 423 g/mol. The molecule has 2 aliphatic rings. The Kier molecular flexibility index (Phi) is 6.44. The molecule has 2 heterocycles. The number of thiophene rings is 1. The number of ether oxygens (including phenoxy) is 1. The zero-order valence-corrected chi connectivity index (χ0v) is 18.2. The number of carbonyl (C=O) groups is 3. The van der Waals surface area contributed by atoms with E-state index in [-0.39, 0.29) is 24.8 Å². The molecule has 3 rings (SSSR count). The molecule has 2 amide bonds. The molecule has 0 radical (unpaired) electrons. The lowest BCUT2D eigenvalue weighted by Gasteiger charge is -2.18. The van der Waals surface area contributed by atoms with Crippen LogP contribution in [0.25, 0.3) is 0 Å². The van der Waals surface area contributed by atoms with Gasteiger partial charge in [-0.3, -0.25) is 19.5 Å². The molecule has 1 aliphatic heterocycles. The fourth-order valence-electron chi connectivity index (χ4n) is 3.50.